The van der Waals surface area contributed by atoms with Crippen molar-refractivity contribution in [2.45, 2.75) is 6.61 Å². The molecule has 0 spiro atoms. The predicted octanol–water partition coefficient (Wildman–Crippen LogP) is 3.08. The maximum absolute atomic E-state index is 5.55. The number of hydrogen-bond donors (Lipinski definition) is 1. The lowest BCUT2D eigenvalue weighted by molar-refractivity contribution is 0.181. The summed E-state index contributed by atoms with van der Waals surface area (Å²) >= 11 is 0. The Labute approximate surface area is 116 Å². The summed E-state index contributed by atoms with van der Waals surface area (Å²) in [6.45, 7) is 0.444. The number of para-hydroxylation sites is 1. The predicted molar refractivity (Wildman–Crippen MR) is 77.5 cm³/mol. The Balaban J connectivity index is 2.15. The van der Waals surface area contributed by atoms with E-state index in [1.54, 1.807) is 13.4 Å². The molecule has 0 bridgehead atoms. The molecule has 5 heteroatoms. The monoisotopic (exact) mass is 269 g/mol. The van der Waals surface area contributed by atoms with Gasteiger partial charge >= 0.3 is 0 Å². The summed E-state index contributed by atoms with van der Waals surface area (Å²) in [5, 5.41) is 4.04. The number of nitrogens with zero attached hydrogens (tertiary/aromatic N) is 2. The Kier molecular flexibility index (Phi) is 3.35. The Morgan fingerprint density at radius 1 is 1.25 bits per heavy atom. The summed E-state index contributed by atoms with van der Waals surface area (Å²) in [4.78, 5) is 9.02. The van der Waals surface area contributed by atoms with E-state index in [1.807, 2.05) is 37.4 Å². The van der Waals surface area contributed by atoms with Crippen molar-refractivity contribution in [1.29, 1.82) is 0 Å². The van der Waals surface area contributed by atoms with Gasteiger partial charge in [0.1, 0.15) is 17.7 Å². The van der Waals surface area contributed by atoms with Gasteiger partial charge in [-0.1, -0.05) is 18.2 Å². The van der Waals surface area contributed by atoms with Crippen LogP contribution in [-0.2, 0) is 11.3 Å². The van der Waals surface area contributed by atoms with Crippen molar-refractivity contribution >= 4 is 16.8 Å². The molecule has 1 N–H and O–H groups in total. The van der Waals surface area contributed by atoms with Crippen LogP contribution in [0.15, 0.2) is 41.0 Å². The van der Waals surface area contributed by atoms with Gasteiger partial charge in [0.15, 0.2) is 5.82 Å². The molecule has 1 aromatic carbocycles. The Morgan fingerprint density at radius 2 is 2.10 bits per heavy atom. The molecule has 20 heavy (non-hydrogen) atoms. The van der Waals surface area contributed by atoms with E-state index in [1.165, 1.54) is 0 Å². The van der Waals surface area contributed by atoms with Crippen molar-refractivity contribution in [3.05, 3.63) is 42.3 Å². The number of hydrogen-bond acceptors (Lipinski definition) is 5. The maximum Gasteiger partial charge on any atom is 0.165 e. The van der Waals surface area contributed by atoms with Crippen LogP contribution in [0.25, 0.3) is 22.4 Å². The summed E-state index contributed by atoms with van der Waals surface area (Å²) in [6, 6.07) is 9.71. The first kappa shape index (κ1) is 12.6. The molecule has 0 atom stereocenters. The SMILES string of the molecule is CNc1cc(COC)nc(-c2coc3ccccc23)n1. The third-order valence-corrected chi connectivity index (χ3v) is 3.05. The fraction of sp³-hybridized carbons (Fsp3) is 0.200. The summed E-state index contributed by atoms with van der Waals surface area (Å²) < 4.78 is 10.7. The van der Waals surface area contributed by atoms with E-state index in [-0.39, 0.29) is 0 Å². The van der Waals surface area contributed by atoms with E-state index < -0.39 is 0 Å². The third-order valence-electron chi connectivity index (χ3n) is 3.05. The standard InChI is InChI=1S/C15H15N3O2/c1-16-14-7-10(8-19-2)17-15(18-14)12-9-20-13-6-4-3-5-11(12)13/h3-7,9H,8H2,1-2H3,(H,16,17,18). The van der Waals surface area contributed by atoms with Gasteiger partial charge in [0.25, 0.3) is 0 Å². The van der Waals surface area contributed by atoms with Crippen LogP contribution in [-0.4, -0.2) is 24.1 Å². The minimum atomic E-state index is 0.444. The molecule has 0 radical (unpaired) electrons. The molecule has 0 aliphatic rings. The topological polar surface area (TPSA) is 60.2 Å². The van der Waals surface area contributed by atoms with Crippen molar-refractivity contribution in [2.75, 3.05) is 19.5 Å². The van der Waals surface area contributed by atoms with E-state index in [0.717, 1.165) is 28.0 Å². The maximum atomic E-state index is 5.55. The van der Waals surface area contributed by atoms with Crippen LogP contribution >= 0.6 is 0 Å². The zero-order chi connectivity index (χ0) is 13.9. The van der Waals surface area contributed by atoms with Crippen LogP contribution in [0.5, 0.6) is 0 Å². The van der Waals surface area contributed by atoms with Crippen molar-refractivity contribution in [3.8, 4) is 11.4 Å². The second-order valence-electron chi connectivity index (χ2n) is 4.40. The number of ether oxygens (including phenoxy) is 1. The molecule has 0 aliphatic heterocycles. The highest BCUT2D eigenvalue weighted by Gasteiger charge is 2.12. The first-order valence-electron chi connectivity index (χ1n) is 6.33. The number of benzene rings is 1. The van der Waals surface area contributed by atoms with Gasteiger partial charge in [-0.2, -0.15) is 0 Å². The average molecular weight is 269 g/mol. The Bertz CT molecular complexity index is 737. The number of rotatable bonds is 4. The van der Waals surface area contributed by atoms with E-state index >= 15 is 0 Å². The van der Waals surface area contributed by atoms with Crippen LogP contribution in [0.1, 0.15) is 5.69 Å². The molecular formula is C15H15N3O2. The fourth-order valence-electron chi connectivity index (χ4n) is 2.12. The molecule has 0 fully saturated rings. The van der Waals surface area contributed by atoms with Gasteiger partial charge in [0, 0.05) is 25.6 Å². The lowest BCUT2D eigenvalue weighted by Crippen LogP contribution is -2.01. The summed E-state index contributed by atoms with van der Waals surface area (Å²) in [5.74, 6) is 1.39. The van der Waals surface area contributed by atoms with Crippen molar-refractivity contribution in [1.82, 2.24) is 9.97 Å². The van der Waals surface area contributed by atoms with Gasteiger partial charge in [0.2, 0.25) is 0 Å². The highest BCUT2D eigenvalue weighted by molar-refractivity contribution is 5.92. The number of anilines is 1. The van der Waals surface area contributed by atoms with Crippen LogP contribution < -0.4 is 5.32 Å². The molecule has 0 unspecified atom stereocenters. The van der Waals surface area contributed by atoms with Crippen LogP contribution in [0, 0.1) is 0 Å². The first-order chi connectivity index (χ1) is 9.81. The van der Waals surface area contributed by atoms with Gasteiger partial charge in [-0.05, 0) is 6.07 Å². The van der Waals surface area contributed by atoms with Crippen molar-refractivity contribution in [3.63, 3.8) is 0 Å². The van der Waals surface area contributed by atoms with Crippen LogP contribution in [0.4, 0.5) is 5.82 Å². The van der Waals surface area contributed by atoms with Crippen molar-refractivity contribution in [2.24, 2.45) is 0 Å². The lowest BCUT2D eigenvalue weighted by Gasteiger charge is -2.06. The highest BCUT2D eigenvalue weighted by atomic mass is 16.5. The zero-order valence-corrected chi connectivity index (χ0v) is 11.4. The van der Waals surface area contributed by atoms with Crippen LogP contribution in [0.3, 0.4) is 0 Å². The summed E-state index contributed by atoms with van der Waals surface area (Å²) in [6.07, 6.45) is 1.69. The molecule has 5 nitrogen and oxygen atoms in total. The normalized spacial score (nSPS) is 10.9. The third kappa shape index (κ3) is 2.23. The second kappa shape index (κ2) is 5.30. The Morgan fingerprint density at radius 3 is 2.90 bits per heavy atom. The second-order valence-corrected chi connectivity index (χ2v) is 4.40. The Hall–Kier alpha value is -2.40. The van der Waals surface area contributed by atoms with Gasteiger partial charge in [-0.3, -0.25) is 0 Å². The molecule has 0 saturated heterocycles. The van der Waals surface area contributed by atoms with Gasteiger partial charge in [-0.25, -0.2) is 9.97 Å². The minimum Gasteiger partial charge on any atom is -0.464 e. The number of fused-ring (bicyclic) bond motifs is 1. The van der Waals surface area contributed by atoms with E-state index in [4.69, 9.17) is 9.15 Å². The van der Waals surface area contributed by atoms with Gasteiger partial charge < -0.3 is 14.5 Å². The van der Waals surface area contributed by atoms with Gasteiger partial charge in [0.05, 0.1) is 17.9 Å². The molecule has 0 amide bonds. The van der Waals surface area contributed by atoms with E-state index in [9.17, 15) is 0 Å². The molecular weight excluding hydrogens is 254 g/mol. The van der Waals surface area contributed by atoms with Crippen LogP contribution in [0.2, 0.25) is 0 Å². The number of furan rings is 1. The highest BCUT2D eigenvalue weighted by Crippen LogP contribution is 2.29. The summed E-state index contributed by atoms with van der Waals surface area (Å²) in [5.41, 5.74) is 2.54. The smallest absolute Gasteiger partial charge is 0.165 e. The average Bonchev–Trinajstić information content (AvgIpc) is 2.91. The largest absolute Gasteiger partial charge is 0.464 e. The van der Waals surface area contributed by atoms with Crippen molar-refractivity contribution < 1.29 is 9.15 Å². The molecule has 2 heterocycles. The molecule has 3 aromatic rings. The minimum absolute atomic E-state index is 0.444. The number of nitrogens with one attached hydrogen (secondary N) is 1. The lowest BCUT2D eigenvalue weighted by atomic mass is 10.1. The zero-order valence-electron chi connectivity index (χ0n) is 11.4. The quantitative estimate of drug-likeness (QED) is 0.788. The first-order valence-corrected chi connectivity index (χ1v) is 6.33. The van der Waals surface area contributed by atoms with E-state index in [0.29, 0.717) is 12.4 Å². The fourth-order valence-corrected chi connectivity index (χ4v) is 2.12. The number of methoxy groups -OCH3 is 1. The molecule has 0 aliphatic carbocycles. The van der Waals surface area contributed by atoms with E-state index in [2.05, 4.69) is 15.3 Å². The molecule has 2 aromatic heterocycles. The molecule has 102 valence electrons. The van der Waals surface area contributed by atoms with Gasteiger partial charge in [-0.15, -0.1) is 0 Å². The molecule has 3 rings (SSSR count). The summed E-state index contributed by atoms with van der Waals surface area (Å²) in [7, 11) is 3.48. The molecule has 0 saturated carbocycles. The number of aromatic nitrogens is 2.